The Morgan fingerprint density at radius 1 is 1.06 bits per heavy atom. The van der Waals surface area contributed by atoms with Crippen LogP contribution < -0.4 is 4.90 Å². The fraction of sp³-hybridized carbons (Fsp3) is 0.933. The molecule has 2 rings (SSSR count). The molecule has 0 radical (unpaired) electrons. The maximum absolute atomic E-state index is 12.3. The van der Waals surface area contributed by atoms with E-state index in [0.29, 0.717) is 17.7 Å². The molecule has 0 amide bonds. The molecule has 98 valence electrons. The van der Waals surface area contributed by atoms with E-state index in [4.69, 9.17) is 0 Å². The number of rotatable bonds is 3. The molecule has 17 heavy (non-hydrogen) atoms. The average molecular weight is 238 g/mol. The number of ketones is 1. The SMILES string of the molecule is CC1CCC(C)[NH+](CC(=O)C2CCCCC2)C1. The van der Waals surface area contributed by atoms with Gasteiger partial charge >= 0.3 is 0 Å². The van der Waals surface area contributed by atoms with Gasteiger partial charge in [0.2, 0.25) is 0 Å². The molecule has 0 spiro atoms. The first-order valence-corrected chi connectivity index (χ1v) is 7.54. The zero-order valence-corrected chi connectivity index (χ0v) is 11.5. The van der Waals surface area contributed by atoms with Crippen LogP contribution in [-0.2, 0) is 4.79 Å². The lowest BCUT2D eigenvalue weighted by atomic mass is 9.85. The second-order valence-electron chi connectivity index (χ2n) is 6.42. The zero-order valence-electron chi connectivity index (χ0n) is 11.5. The Morgan fingerprint density at radius 3 is 2.47 bits per heavy atom. The molecule has 0 aromatic rings. The summed E-state index contributed by atoms with van der Waals surface area (Å²) < 4.78 is 0. The summed E-state index contributed by atoms with van der Waals surface area (Å²) in [5, 5.41) is 0. The Balaban J connectivity index is 1.83. The van der Waals surface area contributed by atoms with Crippen molar-refractivity contribution in [1.29, 1.82) is 0 Å². The van der Waals surface area contributed by atoms with E-state index in [2.05, 4.69) is 13.8 Å². The molecule has 0 aromatic heterocycles. The maximum atomic E-state index is 12.3. The highest BCUT2D eigenvalue weighted by molar-refractivity contribution is 5.81. The molecule has 1 aliphatic carbocycles. The van der Waals surface area contributed by atoms with Gasteiger partial charge in [-0.25, -0.2) is 0 Å². The summed E-state index contributed by atoms with van der Waals surface area (Å²) in [5.74, 6) is 1.77. The van der Waals surface area contributed by atoms with Crippen LogP contribution in [0.1, 0.15) is 58.8 Å². The van der Waals surface area contributed by atoms with E-state index in [1.165, 1.54) is 38.6 Å². The average Bonchev–Trinajstić information content (AvgIpc) is 2.35. The Morgan fingerprint density at radius 2 is 1.76 bits per heavy atom. The van der Waals surface area contributed by atoms with Gasteiger partial charge in [-0.1, -0.05) is 26.2 Å². The molecule has 2 nitrogen and oxygen atoms in total. The van der Waals surface area contributed by atoms with E-state index in [9.17, 15) is 4.79 Å². The summed E-state index contributed by atoms with van der Waals surface area (Å²) >= 11 is 0. The fourth-order valence-electron chi connectivity index (χ4n) is 3.53. The lowest BCUT2D eigenvalue weighted by Gasteiger charge is -2.34. The van der Waals surface area contributed by atoms with Crippen LogP contribution in [0.4, 0.5) is 0 Å². The van der Waals surface area contributed by atoms with Gasteiger partial charge in [0.15, 0.2) is 5.78 Å². The third-order valence-electron chi connectivity index (χ3n) is 4.86. The summed E-state index contributed by atoms with van der Waals surface area (Å²) in [7, 11) is 0. The highest BCUT2D eigenvalue weighted by Gasteiger charge is 2.31. The molecule has 2 heteroatoms. The maximum Gasteiger partial charge on any atom is 0.189 e. The van der Waals surface area contributed by atoms with Crippen molar-refractivity contribution in [2.45, 2.75) is 64.8 Å². The molecule has 2 aliphatic rings. The Hall–Kier alpha value is -0.370. The van der Waals surface area contributed by atoms with Crippen LogP contribution in [0.5, 0.6) is 0 Å². The van der Waals surface area contributed by atoms with Crippen molar-refractivity contribution < 1.29 is 9.69 Å². The first-order chi connectivity index (χ1) is 8.16. The van der Waals surface area contributed by atoms with Gasteiger partial charge in [-0.05, 0) is 32.6 Å². The van der Waals surface area contributed by atoms with Crippen molar-refractivity contribution >= 4 is 5.78 Å². The number of carbonyl (C=O) groups is 1. The predicted octanol–water partition coefficient (Wildman–Crippen LogP) is 1.84. The van der Waals surface area contributed by atoms with Gasteiger partial charge in [-0.3, -0.25) is 4.79 Å². The second kappa shape index (κ2) is 5.99. The molecule has 1 saturated carbocycles. The largest absolute Gasteiger partial charge is 0.326 e. The predicted molar refractivity (Wildman–Crippen MR) is 70.1 cm³/mol. The monoisotopic (exact) mass is 238 g/mol. The summed E-state index contributed by atoms with van der Waals surface area (Å²) in [6.07, 6.45) is 8.87. The van der Waals surface area contributed by atoms with Crippen molar-refractivity contribution in [3.05, 3.63) is 0 Å². The lowest BCUT2D eigenvalue weighted by Crippen LogP contribution is -3.17. The van der Waals surface area contributed by atoms with Gasteiger partial charge in [-0.15, -0.1) is 0 Å². The van der Waals surface area contributed by atoms with Gasteiger partial charge in [0.1, 0.15) is 6.54 Å². The van der Waals surface area contributed by atoms with Crippen molar-refractivity contribution in [1.82, 2.24) is 0 Å². The number of piperidine rings is 1. The fourth-order valence-corrected chi connectivity index (χ4v) is 3.53. The van der Waals surface area contributed by atoms with Crippen LogP contribution in [0.25, 0.3) is 0 Å². The molecule has 3 atom stereocenters. The quantitative estimate of drug-likeness (QED) is 0.796. The number of nitrogens with one attached hydrogen (secondary N) is 1. The van der Waals surface area contributed by atoms with Crippen molar-refractivity contribution in [2.75, 3.05) is 13.1 Å². The highest BCUT2D eigenvalue weighted by Crippen LogP contribution is 2.24. The topological polar surface area (TPSA) is 21.5 Å². The molecule has 0 aromatic carbocycles. The van der Waals surface area contributed by atoms with E-state index in [-0.39, 0.29) is 0 Å². The van der Waals surface area contributed by atoms with Crippen LogP contribution in [0, 0.1) is 11.8 Å². The summed E-state index contributed by atoms with van der Waals surface area (Å²) in [6.45, 7) is 6.65. The summed E-state index contributed by atoms with van der Waals surface area (Å²) in [6, 6.07) is 0.693. The number of quaternary nitrogens is 1. The van der Waals surface area contributed by atoms with Crippen molar-refractivity contribution in [3.63, 3.8) is 0 Å². The van der Waals surface area contributed by atoms with E-state index in [1.807, 2.05) is 0 Å². The molecule has 1 aliphatic heterocycles. The minimum absolute atomic E-state index is 0.403. The Kier molecular flexibility index (Phi) is 4.61. The lowest BCUT2D eigenvalue weighted by molar-refractivity contribution is -0.924. The van der Waals surface area contributed by atoms with Crippen LogP contribution in [-0.4, -0.2) is 24.9 Å². The first-order valence-electron chi connectivity index (χ1n) is 7.54. The molecule has 1 N–H and O–H groups in total. The van der Waals surface area contributed by atoms with Gasteiger partial charge in [-0.2, -0.15) is 0 Å². The van der Waals surface area contributed by atoms with Crippen LogP contribution in [0.3, 0.4) is 0 Å². The molecule has 2 fully saturated rings. The number of carbonyl (C=O) groups excluding carboxylic acids is 1. The number of hydrogen-bond acceptors (Lipinski definition) is 1. The molecule has 3 unspecified atom stereocenters. The standard InChI is InChI=1S/C15H27NO/c1-12-8-9-13(2)16(10-12)11-15(17)14-6-4-3-5-7-14/h12-14H,3-11H2,1-2H3/p+1. The van der Waals surface area contributed by atoms with Crippen LogP contribution >= 0.6 is 0 Å². The molecule has 0 bridgehead atoms. The van der Waals surface area contributed by atoms with Gasteiger partial charge in [0.05, 0.1) is 12.6 Å². The number of likely N-dealkylation sites (tertiary alicyclic amines) is 1. The smallest absolute Gasteiger partial charge is 0.189 e. The molecular weight excluding hydrogens is 210 g/mol. The van der Waals surface area contributed by atoms with Gasteiger partial charge in [0, 0.05) is 11.8 Å². The van der Waals surface area contributed by atoms with E-state index in [0.717, 1.165) is 25.3 Å². The van der Waals surface area contributed by atoms with E-state index < -0.39 is 0 Å². The van der Waals surface area contributed by atoms with E-state index >= 15 is 0 Å². The summed E-state index contributed by atoms with van der Waals surface area (Å²) in [4.78, 5) is 13.9. The highest BCUT2D eigenvalue weighted by atomic mass is 16.1. The normalized spacial score (nSPS) is 35.8. The summed E-state index contributed by atoms with van der Waals surface area (Å²) in [5.41, 5.74) is 0. The van der Waals surface area contributed by atoms with Crippen LogP contribution in [0.15, 0.2) is 0 Å². The van der Waals surface area contributed by atoms with Crippen LogP contribution in [0.2, 0.25) is 0 Å². The first kappa shape index (κ1) is 13.1. The van der Waals surface area contributed by atoms with Crippen molar-refractivity contribution in [2.24, 2.45) is 11.8 Å². The Labute approximate surface area is 106 Å². The molecular formula is C15H28NO+. The van der Waals surface area contributed by atoms with Gasteiger partial charge in [0.25, 0.3) is 0 Å². The van der Waals surface area contributed by atoms with Crippen molar-refractivity contribution in [3.8, 4) is 0 Å². The third kappa shape index (κ3) is 3.54. The van der Waals surface area contributed by atoms with Gasteiger partial charge < -0.3 is 4.90 Å². The third-order valence-corrected chi connectivity index (χ3v) is 4.86. The minimum Gasteiger partial charge on any atom is -0.326 e. The molecule has 1 saturated heterocycles. The molecule has 1 heterocycles. The number of Topliss-reactive ketones (excluding diaryl/α,β-unsaturated/α-hetero) is 1. The Bertz CT molecular complexity index is 258. The minimum atomic E-state index is 0.403. The second-order valence-corrected chi connectivity index (χ2v) is 6.42. The van der Waals surface area contributed by atoms with E-state index in [1.54, 1.807) is 4.90 Å². The zero-order chi connectivity index (χ0) is 12.3. The number of hydrogen-bond donors (Lipinski definition) is 1.